The van der Waals surface area contributed by atoms with E-state index in [-0.39, 0.29) is 0 Å². The van der Waals surface area contributed by atoms with Gasteiger partial charge in [0.15, 0.2) is 12.6 Å². The highest BCUT2D eigenvalue weighted by Gasteiger charge is 2.61. The highest BCUT2D eigenvalue weighted by Crippen LogP contribution is 2.39. The van der Waals surface area contributed by atoms with E-state index in [0.29, 0.717) is 0 Å². The number of carbonyl (C=O) groups excluding carboxylic acids is 5. The van der Waals surface area contributed by atoms with Crippen LogP contribution < -0.4 is 26.6 Å². The lowest BCUT2D eigenvalue weighted by Crippen LogP contribution is -2.71. The van der Waals surface area contributed by atoms with Gasteiger partial charge in [-0.1, -0.05) is 0 Å². The number of carboxylic acids is 2. The maximum atomic E-state index is 13.1. The average molecular weight is 1050 g/mol. The predicted octanol–water partition coefficient (Wildman–Crippen LogP) is -10.6. The summed E-state index contributed by atoms with van der Waals surface area (Å²) in [6.45, 7) is 1.57. The molecule has 412 valence electrons. The third-order valence-electron chi connectivity index (χ3n) is 12.1. The minimum Gasteiger partial charge on any atom is -0.477 e. The van der Waals surface area contributed by atoms with E-state index in [2.05, 4.69) is 26.6 Å². The van der Waals surface area contributed by atoms with Crippen molar-refractivity contribution < 1.29 is 133 Å². The van der Waals surface area contributed by atoms with E-state index in [1.54, 1.807) is 0 Å². The summed E-state index contributed by atoms with van der Waals surface area (Å²) in [5.74, 6) is -14.1. The molecule has 72 heavy (non-hydrogen) atoms. The first-order valence-electron chi connectivity index (χ1n) is 22.3. The molecule has 0 radical (unpaired) electrons. The topological polar surface area (TPSA) is 507 Å². The van der Waals surface area contributed by atoms with Gasteiger partial charge in [0, 0.05) is 60.5 Å². The first-order chi connectivity index (χ1) is 33.5. The van der Waals surface area contributed by atoms with Crippen molar-refractivity contribution in [3.05, 3.63) is 0 Å². The number of aliphatic hydroxyl groups is 11. The fraction of sp³-hybridized carbons (Fsp3) is 0.825. The third kappa shape index (κ3) is 14.2. The molecule has 22 atom stereocenters. The standard InChI is InChI=1S/C40H65N5O27/c1-12(47)41-8-19(54)26(56)32-23(43-14(3)49)17(52)6-39(70-32,37(62)63)66-11-22-29(59)31(25(35(61)67-22)45-16(5)51)69-36-30(60)34(28(58)21(10-46)68-36)72-40(38(64)65)7-18(53)24(44-15(4)50)33(71-40)27(57)20(55)9-42-13(2)48/h17-36,46,52-61H,6-11H2,1-5H3,(H,41,47)(H,42,48)(H,43,49)(H,44,50)(H,45,51)(H,62,63)(H,64,65)/t17-,18-,19+,20+,21+,22+,23+,24+,25+,26+,27+,28-,29-,30+,31+,32+,33+,34-,35-,36-,39+,40-/m0/s1. The number of hydrogen-bond donors (Lipinski definition) is 18. The number of aliphatic carboxylic acids is 2. The summed E-state index contributed by atoms with van der Waals surface area (Å²) in [7, 11) is 0. The minimum atomic E-state index is -3.21. The molecule has 0 aliphatic carbocycles. The SMILES string of the molecule is CC(=O)NC[C@@H](O)[C@@H](O)[C@@H]1O[C@@](OC[C@H]2O[C@H](O)[C@H](NC(C)=O)[C@@H](O[C@@H]3O[C@H](CO)[C@H](O)[C@H](O[C@]4(C(=O)O)C[C@H](O)[C@@H](NC(C)=O)[C@H]([C@H](O)[C@H](O)CNC(C)=O)O4)[C@H]3O)[C@H]2O)(C(=O)O)C[C@H](O)[C@H]1NC(C)=O. The Morgan fingerprint density at radius 2 is 1.01 bits per heavy atom. The van der Waals surface area contributed by atoms with Crippen molar-refractivity contribution in [2.24, 2.45) is 0 Å². The van der Waals surface area contributed by atoms with E-state index >= 15 is 0 Å². The molecule has 4 fully saturated rings. The van der Waals surface area contributed by atoms with Crippen LogP contribution in [-0.2, 0) is 66.7 Å². The van der Waals surface area contributed by atoms with Crippen LogP contribution in [0, 0.1) is 0 Å². The molecular formula is C40H65N5O27. The van der Waals surface area contributed by atoms with Crippen LogP contribution in [0.25, 0.3) is 0 Å². The number of amides is 5. The normalized spacial score (nSPS) is 38.7. The molecule has 4 aliphatic heterocycles. The average Bonchev–Trinajstić information content (AvgIpc) is 3.29. The lowest BCUT2D eigenvalue weighted by Gasteiger charge is -2.51. The molecular weight excluding hydrogens is 982 g/mol. The number of hydrogen-bond acceptors (Lipinski definition) is 25. The van der Waals surface area contributed by atoms with Crippen molar-refractivity contribution in [2.75, 3.05) is 26.3 Å². The fourth-order valence-electron chi connectivity index (χ4n) is 8.57. The van der Waals surface area contributed by atoms with Gasteiger partial charge in [-0.25, -0.2) is 9.59 Å². The Hall–Kier alpha value is -4.43. The van der Waals surface area contributed by atoms with Gasteiger partial charge >= 0.3 is 11.9 Å². The second-order valence-electron chi connectivity index (χ2n) is 17.7. The zero-order chi connectivity index (χ0) is 54.3. The molecule has 32 nitrogen and oxygen atoms in total. The second-order valence-corrected chi connectivity index (χ2v) is 17.7. The fourth-order valence-corrected chi connectivity index (χ4v) is 8.57. The predicted molar refractivity (Wildman–Crippen MR) is 226 cm³/mol. The molecule has 32 heteroatoms. The van der Waals surface area contributed by atoms with Crippen molar-refractivity contribution in [3.63, 3.8) is 0 Å². The van der Waals surface area contributed by atoms with Gasteiger partial charge in [-0.2, -0.15) is 0 Å². The Kier molecular flexibility index (Phi) is 21.0. The van der Waals surface area contributed by atoms with E-state index in [4.69, 9.17) is 33.2 Å². The van der Waals surface area contributed by atoms with E-state index in [0.717, 1.165) is 34.6 Å². The minimum absolute atomic E-state index is 0.614. The molecule has 4 saturated heterocycles. The van der Waals surface area contributed by atoms with Crippen LogP contribution in [0.3, 0.4) is 0 Å². The van der Waals surface area contributed by atoms with E-state index < -0.39 is 214 Å². The van der Waals surface area contributed by atoms with E-state index in [1.807, 2.05) is 0 Å². The molecule has 0 unspecified atom stereocenters. The highest BCUT2D eigenvalue weighted by atomic mass is 16.8. The molecule has 0 aromatic rings. The first kappa shape index (κ1) is 60.1. The van der Waals surface area contributed by atoms with Crippen molar-refractivity contribution in [2.45, 2.75) is 181 Å². The molecule has 0 bridgehead atoms. The Balaban J connectivity index is 1.67. The molecule has 5 amide bonds. The summed E-state index contributed by atoms with van der Waals surface area (Å²) in [4.78, 5) is 85.5. The van der Waals surface area contributed by atoms with Gasteiger partial charge < -0.3 is 126 Å². The molecule has 0 spiro atoms. The zero-order valence-corrected chi connectivity index (χ0v) is 39.3. The summed E-state index contributed by atoms with van der Waals surface area (Å²) in [6.07, 6.45) is -37.9. The molecule has 0 aromatic carbocycles. The Morgan fingerprint density at radius 3 is 1.44 bits per heavy atom. The Bertz CT molecular complexity index is 1920. The smallest absolute Gasteiger partial charge is 0.364 e. The maximum Gasteiger partial charge on any atom is 0.364 e. The van der Waals surface area contributed by atoms with Gasteiger partial charge in [-0.3, -0.25) is 24.0 Å². The maximum absolute atomic E-state index is 13.1. The molecule has 18 N–H and O–H groups in total. The second kappa shape index (κ2) is 25.2. The summed E-state index contributed by atoms with van der Waals surface area (Å²) < 4.78 is 39.6. The van der Waals surface area contributed by atoms with Crippen LogP contribution >= 0.6 is 0 Å². The highest BCUT2D eigenvalue weighted by molar-refractivity contribution is 5.78. The van der Waals surface area contributed by atoms with Crippen LogP contribution in [0.2, 0.25) is 0 Å². The third-order valence-corrected chi connectivity index (χ3v) is 12.1. The molecule has 0 aromatic heterocycles. The number of carbonyl (C=O) groups is 7. The molecule has 4 rings (SSSR count). The Morgan fingerprint density at radius 1 is 0.583 bits per heavy atom. The number of nitrogens with one attached hydrogen (secondary N) is 5. The monoisotopic (exact) mass is 1050 g/mol. The number of carboxylic acid groups (broad SMARTS) is 2. The van der Waals surface area contributed by atoms with Crippen LogP contribution in [0.1, 0.15) is 47.5 Å². The summed E-state index contributed by atoms with van der Waals surface area (Å²) in [6, 6.07) is -5.11. The summed E-state index contributed by atoms with van der Waals surface area (Å²) >= 11 is 0. The quantitative estimate of drug-likeness (QED) is 0.0507. The lowest BCUT2D eigenvalue weighted by atomic mass is 9.88. The van der Waals surface area contributed by atoms with Gasteiger partial charge in [0.25, 0.3) is 11.6 Å². The van der Waals surface area contributed by atoms with Gasteiger partial charge in [-0.05, 0) is 0 Å². The molecule has 0 saturated carbocycles. The van der Waals surface area contributed by atoms with Crippen molar-refractivity contribution in [1.29, 1.82) is 0 Å². The van der Waals surface area contributed by atoms with Gasteiger partial charge in [0.2, 0.25) is 29.5 Å². The van der Waals surface area contributed by atoms with Crippen LogP contribution in [0.4, 0.5) is 0 Å². The molecule has 4 heterocycles. The van der Waals surface area contributed by atoms with Gasteiger partial charge in [0.05, 0.1) is 49.7 Å². The summed E-state index contributed by atoms with van der Waals surface area (Å²) in [5, 5.41) is 154. The van der Waals surface area contributed by atoms with E-state index in [9.17, 15) is 99.9 Å². The summed E-state index contributed by atoms with van der Waals surface area (Å²) in [5.41, 5.74) is 0. The lowest BCUT2D eigenvalue weighted by molar-refractivity contribution is -0.381. The largest absolute Gasteiger partial charge is 0.477 e. The van der Waals surface area contributed by atoms with Crippen LogP contribution in [0.5, 0.6) is 0 Å². The number of ether oxygens (including phenoxy) is 7. The van der Waals surface area contributed by atoms with Gasteiger partial charge in [0.1, 0.15) is 73.2 Å². The van der Waals surface area contributed by atoms with Crippen molar-refractivity contribution >= 4 is 41.5 Å². The van der Waals surface area contributed by atoms with Crippen molar-refractivity contribution in [1.82, 2.24) is 26.6 Å². The molecule has 4 aliphatic rings. The van der Waals surface area contributed by atoms with Crippen LogP contribution in [-0.4, -0.2) is 268 Å². The van der Waals surface area contributed by atoms with Crippen LogP contribution in [0.15, 0.2) is 0 Å². The Labute approximate surface area is 408 Å². The van der Waals surface area contributed by atoms with Crippen molar-refractivity contribution in [3.8, 4) is 0 Å². The van der Waals surface area contributed by atoms with E-state index in [1.165, 1.54) is 0 Å². The first-order valence-corrected chi connectivity index (χ1v) is 22.3. The van der Waals surface area contributed by atoms with Gasteiger partial charge in [-0.15, -0.1) is 0 Å². The zero-order valence-electron chi connectivity index (χ0n) is 39.3. The number of aliphatic hydroxyl groups excluding tert-OH is 11. The number of rotatable bonds is 21.